The summed E-state index contributed by atoms with van der Waals surface area (Å²) in [6.45, 7) is 6.17. The van der Waals surface area contributed by atoms with E-state index >= 15 is 0 Å². The lowest BCUT2D eigenvalue weighted by Crippen LogP contribution is -2.31. The zero-order valence-corrected chi connectivity index (χ0v) is 10.2. The van der Waals surface area contributed by atoms with E-state index in [-0.39, 0.29) is 0 Å². The van der Waals surface area contributed by atoms with E-state index in [9.17, 15) is 0 Å². The van der Waals surface area contributed by atoms with Gasteiger partial charge in [0.15, 0.2) is 0 Å². The van der Waals surface area contributed by atoms with E-state index < -0.39 is 0 Å². The predicted molar refractivity (Wildman–Crippen MR) is 66.6 cm³/mol. The van der Waals surface area contributed by atoms with Gasteiger partial charge >= 0.3 is 0 Å². The van der Waals surface area contributed by atoms with Crippen molar-refractivity contribution in [1.82, 2.24) is 5.32 Å². The molecule has 1 aromatic rings. The number of ether oxygens (including phenoxy) is 1. The number of hydrogen-bond donors (Lipinski definition) is 1. The van der Waals surface area contributed by atoms with E-state index in [1.807, 2.05) is 0 Å². The highest BCUT2D eigenvalue weighted by molar-refractivity contribution is 5.24. The molecule has 1 heterocycles. The number of nitrogens with one attached hydrogen (secondary N) is 1. The van der Waals surface area contributed by atoms with Crippen LogP contribution in [0, 0.1) is 0 Å². The van der Waals surface area contributed by atoms with Gasteiger partial charge in [0, 0.05) is 18.7 Å². The topological polar surface area (TPSA) is 21.3 Å². The monoisotopic (exact) mass is 219 g/mol. The second-order valence-electron chi connectivity index (χ2n) is 4.54. The molecule has 1 N–H and O–H groups in total. The van der Waals surface area contributed by atoms with Crippen molar-refractivity contribution >= 4 is 0 Å². The fourth-order valence-electron chi connectivity index (χ4n) is 2.16. The lowest BCUT2D eigenvalue weighted by atomic mass is 10.0. The quantitative estimate of drug-likeness (QED) is 0.840. The van der Waals surface area contributed by atoms with E-state index in [4.69, 9.17) is 4.74 Å². The van der Waals surface area contributed by atoms with Crippen LogP contribution in [-0.2, 0) is 11.2 Å². The molecule has 1 fully saturated rings. The molecule has 0 aromatic heterocycles. The normalized spacial score (nSPS) is 22.2. The average molecular weight is 219 g/mol. The summed E-state index contributed by atoms with van der Waals surface area (Å²) in [5, 5.41) is 3.61. The molecule has 2 heteroatoms. The van der Waals surface area contributed by atoms with Gasteiger partial charge in [0.05, 0.1) is 6.61 Å². The second kappa shape index (κ2) is 5.46. The molecule has 2 rings (SSSR count). The number of benzene rings is 1. The average Bonchev–Trinajstić information content (AvgIpc) is 2.82. The molecule has 0 amide bonds. The van der Waals surface area contributed by atoms with E-state index in [2.05, 4.69) is 43.4 Å². The molecule has 1 aliphatic heterocycles. The third-order valence-electron chi connectivity index (χ3n) is 3.30. The summed E-state index contributed by atoms with van der Waals surface area (Å²) in [5.41, 5.74) is 2.77. The first-order valence-corrected chi connectivity index (χ1v) is 6.22. The van der Waals surface area contributed by atoms with Crippen molar-refractivity contribution in [3.63, 3.8) is 0 Å². The predicted octanol–water partition coefficient (Wildman–Crippen LogP) is 2.69. The Hall–Kier alpha value is -0.860. The molecular weight excluding hydrogens is 198 g/mol. The van der Waals surface area contributed by atoms with Crippen LogP contribution < -0.4 is 5.32 Å². The molecule has 2 atom stereocenters. The van der Waals surface area contributed by atoms with Gasteiger partial charge in [0.25, 0.3) is 0 Å². The minimum atomic E-state index is 0.414. The first-order chi connectivity index (χ1) is 7.79. The van der Waals surface area contributed by atoms with Crippen LogP contribution in [-0.4, -0.2) is 19.3 Å². The van der Waals surface area contributed by atoms with Gasteiger partial charge in [-0.2, -0.15) is 0 Å². The fourth-order valence-corrected chi connectivity index (χ4v) is 2.16. The van der Waals surface area contributed by atoms with Gasteiger partial charge < -0.3 is 10.1 Å². The molecule has 88 valence electrons. The Balaban J connectivity index is 1.94. The summed E-state index contributed by atoms with van der Waals surface area (Å²) in [7, 11) is 0. The maximum atomic E-state index is 5.37. The Bertz CT molecular complexity index is 314. The molecule has 0 saturated carbocycles. The van der Waals surface area contributed by atoms with Gasteiger partial charge in [-0.05, 0) is 30.9 Å². The van der Waals surface area contributed by atoms with Crippen molar-refractivity contribution in [3.8, 4) is 0 Å². The Morgan fingerprint density at radius 1 is 1.38 bits per heavy atom. The van der Waals surface area contributed by atoms with Crippen molar-refractivity contribution in [1.29, 1.82) is 0 Å². The maximum Gasteiger partial charge on any atom is 0.0620 e. The molecule has 2 nitrogen and oxygen atoms in total. The van der Waals surface area contributed by atoms with Crippen molar-refractivity contribution in [2.75, 3.05) is 13.2 Å². The van der Waals surface area contributed by atoms with Crippen molar-refractivity contribution in [3.05, 3.63) is 35.4 Å². The largest absolute Gasteiger partial charge is 0.380 e. The minimum absolute atomic E-state index is 0.414. The van der Waals surface area contributed by atoms with Crippen LogP contribution in [0.4, 0.5) is 0 Å². The van der Waals surface area contributed by atoms with E-state index in [0.717, 1.165) is 26.1 Å². The number of hydrogen-bond acceptors (Lipinski definition) is 2. The zero-order chi connectivity index (χ0) is 11.4. The van der Waals surface area contributed by atoms with Crippen LogP contribution in [0.25, 0.3) is 0 Å². The van der Waals surface area contributed by atoms with Crippen LogP contribution >= 0.6 is 0 Å². The molecule has 0 radical (unpaired) electrons. The standard InChI is InChI=1S/C14H21NO/c1-3-12-4-6-13(7-5-12)11(2)15-14-8-9-16-10-14/h4-7,11,14-15H,3,8-10H2,1-2H3/t11-,14+/m1/s1. The van der Waals surface area contributed by atoms with Gasteiger partial charge in [0.1, 0.15) is 0 Å². The Labute approximate surface area is 98.0 Å². The van der Waals surface area contributed by atoms with Gasteiger partial charge in [-0.3, -0.25) is 0 Å². The second-order valence-corrected chi connectivity index (χ2v) is 4.54. The summed E-state index contributed by atoms with van der Waals surface area (Å²) in [6, 6.07) is 9.84. The summed E-state index contributed by atoms with van der Waals surface area (Å²) in [5.74, 6) is 0. The summed E-state index contributed by atoms with van der Waals surface area (Å²) in [4.78, 5) is 0. The zero-order valence-electron chi connectivity index (χ0n) is 10.2. The third-order valence-corrected chi connectivity index (χ3v) is 3.30. The highest BCUT2D eigenvalue weighted by Gasteiger charge is 2.17. The highest BCUT2D eigenvalue weighted by Crippen LogP contribution is 2.16. The van der Waals surface area contributed by atoms with Gasteiger partial charge in [-0.15, -0.1) is 0 Å². The SMILES string of the molecule is CCc1ccc([C@@H](C)N[C@H]2CCOC2)cc1. The van der Waals surface area contributed by atoms with Crippen LogP contribution in [0.3, 0.4) is 0 Å². The van der Waals surface area contributed by atoms with Crippen LogP contribution in [0.2, 0.25) is 0 Å². The van der Waals surface area contributed by atoms with Gasteiger partial charge in [-0.1, -0.05) is 31.2 Å². The summed E-state index contributed by atoms with van der Waals surface area (Å²) < 4.78 is 5.37. The molecule has 0 bridgehead atoms. The minimum Gasteiger partial charge on any atom is -0.380 e. The van der Waals surface area contributed by atoms with E-state index in [0.29, 0.717) is 12.1 Å². The van der Waals surface area contributed by atoms with Gasteiger partial charge in [0.2, 0.25) is 0 Å². The Morgan fingerprint density at radius 2 is 2.12 bits per heavy atom. The number of rotatable bonds is 4. The van der Waals surface area contributed by atoms with Crippen LogP contribution in [0.5, 0.6) is 0 Å². The molecule has 0 unspecified atom stereocenters. The Kier molecular flexibility index (Phi) is 3.97. The van der Waals surface area contributed by atoms with E-state index in [1.54, 1.807) is 0 Å². The lowest BCUT2D eigenvalue weighted by molar-refractivity contribution is 0.188. The van der Waals surface area contributed by atoms with Gasteiger partial charge in [-0.25, -0.2) is 0 Å². The highest BCUT2D eigenvalue weighted by atomic mass is 16.5. The third kappa shape index (κ3) is 2.83. The molecule has 1 aliphatic rings. The summed E-state index contributed by atoms with van der Waals surface area (Å²) in [6.07, 6.45) is 2.25. The maximum absolute atomic E-state index is 5.37. The Morgan fingerprint density at radius 3 is 2.69 bits per heavy atom. The molecule has 16 heavy (non-hydrogen) atoms. The van der Waals surface area contributed by atoms with Crippen molar-refractivity contribution in [2.45, 2.75) is 38.8 Å². The van der Waals surface area contributed by atoms with Crippen LogP contribution in [0.15, 0.2) is 24.3 Å². The molecule has 1 aromatic carbocycles. The fraction of sp³-hybridized carbons (Fsp3) is 0.571. The molecular formula is C14H21NO. The molecule has 0 aliphatic carbocycles. The lowest BCUT2D eigenvalue weighted by Gasteiger charge is -2.18. The molecule has 1 saturated heterocycles. The van der Waals surface area contributed by atoms with Crippen molar-refractivity contribution in [2.24, 2.45) is 0 Å². The molecule has 0 spiro atoms. The summed E-state index contributed by atoms with van der Waals surface area (Å²) >= 11 is 0. The first kappa shape index (κ1) is 11.6. The van der Waals surface area contributed by atoms with Crippen LogP contribution in [0.1, 0.15) is 37.4 Å². The van der Waals surface area contributed by atoms with E-state index in [1.165, 1.54) is 11.1 Å². The first-order valence-electron chi connectivity index (χ1n) is 6.22. The number of aryl methyl sites for hydroxylation is 1. The van der Waals surface area contributed by atoms with Crippen molar-refractivity contribution < 1.29 is 4.74 Å². The smallest absolute Gasteiger partial charge is 0.0620 e.